The van der Waals surface area contributed by atoms with Crippen LogP contribution in [0.3, 0.4) is 0 Å². The highest BCUT2D eigenvalue weighted by molar-refractivity contribution is 5.54. The van der Waals surface area contributed by atoms with Crippen molar-refractivity contribution in [2.24, 2.45) is 0 Å². The number of β-amino-alcohol motifs (C(OH)–C–C–N with tert-alkyl or cyclic N) is 1. The number of hydrogen-bond acceptors (Lipinski definition) is 3. The third-order valence-electron chi connectivity index (χ3n) is 2.51. The van der Waals surface area contributed by atoms with Crippen LogP contribution in [0.25, 0.3) is 5.52 Å². The Morgan fingerprint density at radius 1 is 1.43 bits per heavy atom. The molecule has 1 saturated heterocycles. The van der Waals surface area contributed by atoms with Gasteiger partial charge in [0.15, 0.2) is 0 Å². The van der Waals surface area contributed by atoms with E-state index in [1.165, 1.54) is 0 Å². The van der Waals surface area contributed by atoms with E-state index in [9.17, 15) is 5.11 Å². The van der Waals surface area contributed by atoms with Gasteiger partial charge in [0.2, 0.25) is 0 Å². The van der Waals surface area contributed by atoms with E-state index in [1.54, 1.807) is 6.20 Å². The molecule has 4 heteroatoms. The van der Waals surface area contributed by atoms with Crippen LogP contribution in [-0.2, 0) is 0 Å². The molecule has 0 unspecified atom stereocenters. The number of anilines is 1. The van der Waals surface area contributed by atoms with E-state index >= 15 is 0 Å². The van der Waals surface area contributed by atoms with E-state index in [-0.39, 0.29) is 6.10 Å². The molecule has 3 rings (SSSR count). The standard InChI is InChI=1S/C10H10N3O/c14-9-6-12(7-9)10-3-1-2-8-4-5-11-13(8)10/h1,3-5,9,14H,6-7H2. The largest absolute Gasteiger partial charge is 0.389 e. The minimum atomic E-state index is -0.190. The summed E-state index contributed by atoms with van der Waals surface area (Å²) in [5.41, 5.74) is 0.962. The Kier molecular flexibility index (Phi) is 1.52. The van der Waals surface area contributed by atoms with Gasteiger partial charge in [0.05, 0.1) is 17.8 Å². The molecule has 2 aromatic heterocycles. The van der Waals surface area contributed by atoms with Gasteiger partial charge in [0.25, 0.3) is 0 Å². The summed E-state index contributed by atoms with van der Waals surface area (Å²) in [4.78, 5) is 2.10. The monoisotopic (exact) mass is 188 g/mol. The van der Waals surface area contributed by atoms with Crippen molar-refractivity contribution in [1.29, 1.82) is 0 Å². The summed E-state index contributed by atoms with van der Waals surface area (Å²) >= 11 is 0. The van der Waals surface area contributed by atoms with E-state index in [1.807, 2.05) is 22.7 Å². The molecule has 0 saturated carbocycles. The van der Waals surface area contributed by atoms with Gasteiger partial charge in [0, 0.05) is 19.2 Å². The van der Waals surface area contributed by atoms with Gasteiger partial charge in [-0.3, -0.25) is 0 Å². The van der Waals surface area contributed by atoms with Crippen LogP contribution in [0.15, 0.2) is 24.4 Å². The van der Waals surface area contributed by atoms with Crippen molar-refractivity contribution in [3.8, 4) is 0 Å². The van der Waals surface area contributed by atoms with Crippen molar-refractivity contribution in [2.75, 3.05) is 18.0 Å². The minimum Gasteiger partial charge on any atom is -0.389 e. The van der Waals surface area contributed by atoms with Crippen molar-refractivity contribution in [3.05, 3.63) is 30.5 Å². The molecular formula is C10H10N3O. The van der Waals surface area contributed by atoms with E-state index in [2.05, 4.69) is 16.1 Å². The van der Waals surface area contributed by atoms with Crippen molar-refractivity contribution in [2.45, 2.75) is 6.10 Å². The maximum Gasteiger partial charge on any atom is 0.130 e. The summed E-state index contributed by atoms with van der Waals surface area (Å²) < 4.78 is 1.84. The van der Waals surface area contributed by atoms with Gasteiger partial charge in [-0.2, -0.15) is 5.10 Å². The summed E-state index contributed by atoms with van der Waals surface area (Å²) in [5.74, 6) is 1.02. The molecule has 1 N–H and O–H groups in total. The molecule has 0 bridgehead atoms. The number of hydrogen-bond donors (Lipinski definition) is 1. The molecule has 71 valence electrons. The van der Waals surface area contributed by atoms with Crippen LogP contribution in [0.5, 0.6) is 0 Å². The van der Waals surface area contributed by atoms with E-state index in [0.717, 1.165) is 11.3 Å². The lowest BCUT2D eigenvalue weighted by Crippen LogP contribution is -2.51. The Morgan fingerprint density at radius 2 is 2.29 bits per heavy atom. The zero-order valence-corrected chi connectivity index (χ0v) is 7.59. The van der Waals surface area contributed by atoms with Crippen LogP contribution >= 0.6 is 0 Å². The van der Waals surface area contributed by atoms with Gasteiger partial charge in [0.1, 0.15) is 5.82 Å². The lowest BCUT2D eigenvalue weighted by Gasteiger charge is -2.37. The van der Waals surface area contributed by atoms with Crippen molar-refractivity contribution in [3.63, 3.8) is 0 Å². The molecular weight excluding hydrogens is 178 g/mol. The van der Waals surface area contributed by atoms with E-state index < -0.39 is 0 Å². The van der Waals surface area contributed by atoms with Crippen LogP contribution in [0.2, 0.25) is 0 Å². The molecule has 1 aliphatic rings. The number of fused-ring (bicyclic) bond motifs is 1. The number of aliphatic hydroxyl groups excluding tert-OH is 1. The number of nitrogens with zero attached hydrogens (tertiary/aromatic N) is 3. The predicted octanol–water partition coefficient (Wildman–Crippen LogP) is 0.315. The van der Waals surface area contributed by atoms with Crippen LogP contribution in [-0.4, -0.2) is 33.9 Å². The van der Waals surface area contributed by atoms with Crippen molar-refractivity contribution >= 4 is 11.3 Å². The Hall–Kier alpha value is -1.55. The second kappa shape index (κ2) is 2.72. The Labute approximate surface area is 81.4 Å². The summed E-state index contributed by atoms with van der Waals surface area (Å²) in [7, 11) is 0. The Bertz CT molecular complexity index is 459. The van der Waals surface area contributed by atoms with Gasteiger partial charge in [-0.25, -0.2) is 4.52 Å². The number of aromatic nitrogens is 2. The minimum absolute atomic E-state index is 0.190. The molecule has 1 radical (unpaired) electrons. The van der Waals surface area contributed by atoms with Crippen molar-refractivity contribution in [1.82, 2.24) is 9.61 Å². The second-order valence-corrected chi connectivity index (χ2v) is 3.52. The molecule has 0 aromatic carbocycles. The zero-order chi connectivity index (χ0) is 9.54. The molecule has 4 nitrogen and oxygen atoms in total. The van der Waals surface area contributed by atoms with Crippen LogP contribution in [0.4, 0.5) is 5.82 Å². The second-order valence-electron chi connectivity index (χ2n) is 3.52. The molecule has 1 fully saturated rings. The van der Waals surface area contributed by atoms with Crippen LogP contribution < -0.4 is 4.90 Å². The average Bonchev–Trinajstić information content (AvgIpc) is 2.60. The van der Waals surface area contributed by atoms with E-state index in [0.29, 0.717) is 13.1 Å². The van der Waals surface area contributed by atoms with Crippen molar-refractivity contribution < 1.29 is 5.11 Å². The summed E-state index contributed by atoms with van der Waals surface area (Å²) in [6.45, 7) is 1.39. The smallest absolute Gasteiger partial charge is 0.130 e. The topological polar surface area (TPSA) is 40.8 Å². The van der Waals surface area contributed by atoms with Crippen LogP contribution in [0.1, 0.15) is 0 Å². The lowest BCUT2D eigenvalue weighted by atomic mass is 10.2. The lowest BCUT2D eigenvalue weighted by molar-refractivity contribution is 0.141. The summed E-state index contributed by atoms with van der Waals surface area (Å²) in [6, 6.07) is 8.86. The predicted molar refractivity (Wildman–Crippen MR) is 52.2 cm³/mol. The number of pyridine rings is 1. The molecule has 0 spiro atoms. The zero-order valence-electron chi connectivity index (χ0n) is 7.59. The van der Waals surface area contributed by atoms with Crippen LogP contribution in [0, 0.1) is 6.07 Å². The first-order valence-corrected chi connectivity index (χ1v) is 4.62. The highest BCUT2D eigenvalue weighted by Crippen LogP contribution is 2.21. The van der Waals surface area contributed by atoms with Gasteiger partial charge in [-0.15, -0.1) is 0 Å². The summed E-state index contributed by atoms with van der Waals surface area (Å²) in [6.07, 6.45) is 1.57. The highest BCUT2D eigenvalue weighted by Gasteiger charge is 2.26. The number of rotatable bonds is 1. The molecule has 14 heavy (non-hydrogen) atoms. The first-order valence-electron chi connectivity index (χ1n) is 4.62. The maximum atomic E-state index is 9.22. The molecule has 1 aliphatic heterocycles. The van der Waals surface area contributed by atoms with Gasteiger partial charge in [-0.1, -0.05) is 0 Å². The molecule has 3 heterocycles. The molecule has 0 atom stereocenters. The fraction of sp³-hybridized carbons (Fsp3) is 0.300. The molecule has 0 amide bonds. The Morgan fingerprint density at radius 3 is 3.07 bits per heavy atom. The first-order chi connectivity index (χ1) is 6.84. The van der Waals surface area contributed by atoms with Gasteiger partial charge >= 0.3 is 0 Å². The maximum absolute atomic E-state index is 9.22. The third-order valence-corrected chi connectivity index (χ3v) is 2.51. The SMILES string of the molecule is OC1CN(c2cc[c]c3ccnn23)C1. The highest BCUT2D eigenvalue weighted by atomic mass is 16.3. The fourth-order valence-electron chi connectivity index (χ4n) is 1.75. The molecule has 2 aromatic rings. The molecule has 0 aliphatic carbocycles. The normalized spacial score (nSPS) is 17.4. The summed E-state index contributed by atoms with van der Waals surface area (Å²) in [5, 5.41) is 13.4. The quantitative estimate of drug-likeness (QED) is 0.700. The van der Waals surface area contributed by atoms with Gasteiger partial charge < -0.3 is 10.0 Å². The number of aliphatic hydroxyl groups is 1. The Balaban J connectivity index is 2.07. The fourth-order valence-corrected chi connectivity index (χ4v) is 1.75. The van der Waals surface area contributed by atoms with Gasteiger partial charge in [-0.05, 0) is 18.2 Å². The third kappa shape index (κ3) is 1.01. The van der Waals surface area contributed by atoms with E-state index in [4.69, 9.17) is 0 Å². The average molecular weight is 188 g/mol. The first kappa shape index (κ1) is 7.82.